The van der Waals surface area contributed by atoms with Crippen LogP contribution < -0.4 is 0 Å². The normalized spacial score (nSPS) is 18.0. The quantitative estimate of drug-likeness (QED) is 0.0722. The smallest absolute Gasteiger partial charge is 0.0693 e. The molecule has 18 rings (SSSR count). The van der Waals surface area contributed by atoms with Crippen molar-refractivity contribution in [3.63, 3.8) is 0 Å². The Morgan fingerprint density at radius 3 is 0.806 bits per heavy atom. The lowest BCUT2D eigenvalue weighted by atomic mass is 9.64. The molecule has 0 spiro atoms. The molecule has 6 aromatic heterocycles. The lowest BCUT2D eigenvalue weighted by Crippen LogP contribution is -2.24. The van der Waals surface area contributed by atoms with Gasteiger partial charge in [-0.2, -0.15) is 0 Å². The Labute approximate surface area is 580 Å². The number of aromatic nitrogens is 8. The Kier molecular flexibility index (Phi) is 16.8. The molecule has 498 valence electrons. The van der Waals surface area contributed by atoms with Crippen LogP contribution in [0.1, 0.15) is 333 Å². The van der Waals surface area contributed by atoms with E-state index >= 15 is 0 Å². The Balaban J connectivity index is 0.811. The van der Waals surface area contributed by atoms with E-state index in [4.69, 9.17) is 19.9 Å². The topological polar surface area (TPSA) is 115 Å². The van der Waals surface area contributed by atoms with Gasteiger partial charge < -0.3 is 19.9 Å². The van der Waals surface area contributed by atoms with Gasteiger partial charge in [-0.15, -0.1) is 0 Å². The summed E-state index contributed by atoms with van der Waals surface area (Å²) in [4.78, 5) is 38.6. The molecule has 0 saturated heterocycles. The molecule has 4 aliphatic heterocycles. The average Bonchev–Trinajstić information content (AvgIpc) is 1.48. The third kappa shape index (κ3) is 10.5. The second-order valence-electron chi connectivity index (χ2n) is 29.6. The number of nitrogens with one attached hydrogen (secondary N) is 4. The standard InChI is InChI=1S/C90H98N8/c1-13-21-25-59-49(9)71-41-83-87-65-35-37-67(89(87)85(97-83)43-73-51(11)61(27-23-15-3)81(93-73)47-77-57(19-7)55(17-5)75(95-77)45-79(59)91-71)69-39-53(31-33-63(65)69)29-30-54-32-34-64-66-36-38-68(70(64)40-54)90-86-44-74-52(12)62(28-24-16-4)82(94-74)48-78-58(20-8)56(18-6)76(96-78)46-80-60(26-22-14-2)50(10)72(92-80)42-84(98-86)88(66)90/h31-34,39-48,65-68,95-98H,13-28,35-38H2,1-12H3. The van der Waals surface area contributed by atoms with Crippen molar-refractivity contribution in [3.05, 3.63) is 208 Å². The van der Waals surface area contributed by atoms with E-state index in [9.17, 15) is 0 Å². The number of aromatic amines is 4. The lowest BCUT2D eigenvalue weighted by molar-refractivity contribution is 0.527. The summed E-state index contributed by atoms with van der Waals surface area (Å²) in [6.45, 7) is 27.7. The average molecular weight is 1290 g/mol. The minimum Gasteiger partial charge on any atom is -0.355 e. The van der Waals surface area contributed by atoms with Crippen molar-refractivity contribution in [3.8, 4) is 11.8 Å². The molecule has 2 aromatic carbocycles. The van der Waals surface area contributed by atoms with Crippen molar-refractivity contribution in [2.75, 3.05) is 0 Å². The molecule has 0 amide bonds. The highest BCUT2D eigenvalue weighted by atomic mass is 14.8. The largest absolute Gasteiger partial charge is 0.355 e. The third-order valence-corrected chi connectivity index (χ3v) is 24.1. The Hall–Kier alpha value is -8.80. The highest BCUT2D eigenvalue weighted by Crippen LogP contribution is 2.58. The molecule has 20 bridgehead atoms. The molecule has 0 radical (unpaired) electrons. The highest BCUT2D eigenvalue weighted by Gasteiger charge is 2.42. The van der Waals surface area contributed by atoms with E-state index in [-0.39, 0.29) is 23.7 Å². The Bertz CT molecular complexity index is 4910. The fourth-order valence-corrected chi connectivity index (χ4v) is 18.9. The number of H-pyrrole nitrogens is 4. The molecular formula is C90H98N8. The van der Waals surface area contributed by atoms with Crippen molar-refractivity contribution in [2.45, 2.75) is 235 Å². The molecule has 4 unspecified atom stereocenters. The molecule has 0 fully saturated rings. The van der Waals surface area contributed by atoms with Crippen LogP contribution in [-0.2, 0) is 25.7 Å². The van der Waals surface area contributed by atoms with Gasteiger partial charge in [0.15, 0.2) is 0 Å². The number of aryl methyl sites for hydroxylation is 4. The van der Waals surface area contributed by atoms with Crippen molar-refractivity contribution < 1.29 is 0 Å². The summed E-state index contributed by atoms with van der Waals surface area (Å²) >= 11 is 0. The monoisotopic (exact) mass is 1290 g/mol. The maximum Gasteiger partial charge on any atom is 0.0693 e. The zero-order valence-corrected chi connectivity index (χ0v) is 60.3. The van der Waals surface area contributed by atoms with E-state index in [1.54, 1.807) is 0 Å². The maximum atomic E-state index is 5.61. The second-order valence-corrected chi connectivity index (χ2v) is 29.6. The van der Waals surface area contributed by atoms with Gasteiger partial charge in [0.2, 0.25) is 0 Å². The molecule has 6 aliphatic carbocycles. The van der Waals surface area contributed by atoms with Gasteiger partial charge in [0.05, 0.1) is 45.6 Å². The van der Waals surface area contributed by atoms with Gasteiger partial charge in [0.1, 0.15) is 0 Å². The maximum absolute atomic E-state index is 5.61. The van der Waals surface area contributed by atoms with E-state index in [1.807, 2.05) is 0 Å². The molecular weight excluding hydrogens is 1190 g/mol. The number of hydrogen-bond acceptors (Lipinski definition) is 4. The summed E-state index contributed by atoms with van der Waals surface area (Å²) in [6, 6.07) is 33.5. The number of unbranched alkanes of at least 4 members (excludes halogenated alkanes) is 4. The molecule has 10 aliphatic rings. The molecule has 10 heterocycles. The molecule has 98 heavy (non-hydrogen) atoms. The molecule has 4 N–H and O–H groups in total. The number of allylic oxidation sites excluding steroid dienone is 8. The van der Waals surface area contributed by atoms with Crippen molar-refractivity contribution in [2.24, 2.45) is 0 Å². The van der Waals surface area contributed by atoms with Gasteiger partial charge in [-0.05, 0) is 315 Å². The van der Waals surface area contributed by atoms with E-state index in [1.165, 1.54) is 155 Å². The summed E-state index contributed by atoms with van der Waals surface area (Å²) in [5.41, 5.74) is 48.0. The van der Waals surface area contributed by atoms with E-state index in [0.717, 1.165) is 185 Å². The summed E-state index contributed by atoms with van der Waals surface area (Å²) < 4.78 is 0. The number of rotatable bonds is 16. The first-order chi connectivity index (χ1) is 47.8. The van der Waals surface area contributed by atoms with Crippen LogP contribution in [-0.4, -0.2) is 39.9 Å². The predicted molar refractivity (Wildman–Crippen MR) is 412 cm³/mol. The first kappa shape index (κ1) is 63.9. The summed E-state index contributed by atoms with van der Waals surface area (Å²) in [6.07, 6.45) is 21.4. The molecule has 8 heteroatoms. The number of fused-ring (bicyclic) bond motifs is 18. The van der Waals surface area contributed by atoms with Gasteiger partial charge >= 0.3 is 0 Å². The van der Waals surface area contributed by atoms with Gasteiger partial charge in [-0.1, -0.05) is 105 Å². The summed E-state index contributed by atoms with van der Waals surface area (Å²) in [5, 5.41) is 0. The van der Waals surface area contributed by atoms with Gasteiger partial charge in [0, 0.05) is 78.9 Å². The second kappa shape index (κ2) is 25.8. The zero-order chi connectivity index (χ0) is 67.4. The highest BCUT2D eigenvalue weighted by molar-refractivity contribution is 5.98. The number of hydrogen-bond donors (Lipinski definition) is 4. The van der Waals surface area contributed by atoms with Crippen molar-refractivity contribution >= 4 is 88.7 Å². The van der Waals surface area contributed by atoms with Crippen molar-refractivity contribution in [1.82, 2.24) is 39.9 Å². The molecule has 0 saturated carbocycles. The van der Waals surface area contributed by atoms with E-state index in [0.29, 0.717) is 0 Å². The zero-order valence-electron chi connectivity index (χ0n) is 60.3. The lowest BCUT2D eigenvalue weighted by Gasteiger charge is -2.39. The fourth-order valence-electron chi connectivity index (χ4n) is 18.9. The SMILES string of the molecule is CCCCC1=C(C)c2cc3[nH]c(cc4nc(cc5[nH]c(cc1n2)c(CC)c5CC)C(CCCC)=C4C)c1c3C2CCC1c1cc(C#Cc3ccc4c(c3)C3CCC4c4c3c3cc5nc(cc6[nH]c(cc7nc(cc4[nH]3)C(C)=C7CCCC)c(CC)c6CC)C(CCCC)=C5C)ccc12. The Morgan fingerprint density at radius 2 is 0.551 bits per heavy atom. The van der Waals surface area contributed by atoms with Gasteiger partial charge in [-0.3, -0.25) is 0 Å². The van der Waals surface area contributed by atoms with Crippen LogP contribution in [0.25, 0.3) is 88.7 Å². The molecule has 8 nitrogen and oxygen atoms in total. The van der Waals surface area contributed by atoms with Crippen LogP contribution >= 0.6 is 0 Å². The van der Waals surface area contributed by atoms with E-state index < -0.39 is 0 Å². The Morgan fingerprint density at radius 1 is 0.306 bits per heavy atom. The van der Waals surface area contributed by atoms with Gasteiger partial charge in [-0.25, -0.2) is 19.9 Å². The third-order valence-electron chi connectivity index (χ3n) is 24.1. The van der Waals surface area contributed by atoms with Crippen LogP contribution in [0, 0.1) is 11.8 Å². The van der Waals surface area contributed by atoms with Gasteiger partial charge in [0.25, 0.3) is 0 Å². The van der Waals surface area contributed by atoms with Crippen LogP contribution in [0.15, 0.2) is 84.9 Å². The van der Waals surface area contributed by atoms with E-state index in [2.05, 4.69) is 200 Å². The fraction of sp³-hybridized carbons (Fsp3) is 0.400. The predicted octanol–water partition coefficient (Wildman–Crippen LogP) is 23.8. The van der Waals surface area contributed by atoms with Crippen molar-refractivity contribution in [1.29, 1.82) is 0 Å². The first-order valence-electron chi connectivity index (χ1n) is 38.1. The van der Waals surface area contributed by atoms with Crippen LogP contribution in [0.2, 0.25) is 0 Å². The van der Waals surface area contributed by atoms with Crippen LogP contribution in [0.3, 0.4) is 0 Å². The molecule has 8 aromatic rings. The minimum atomic E-state index is 0.227. The van der Waals surface area contributed by atoms with Crippen LogP contribution in [0.5, 0.6) is 0 Å². The summed E-state index contributed by atoms with van der Waals surface area (Å²) in [5.74, 6) is 8.53. The first-order valence-corrected chi connectivity index (χ1v) is 38.1. The summed E-state index contributed by atoms with van der Waals surface area (Å²) in [7, 11) is 0. The van der Waals surface area contributed by atoms with Crippen LogP contribution in [0.4, 0.5) is 0 Å². The minimum absolute atomic E-state index is 0.227. The number of nitrogens with zero attached hydrogens (tertiary/aromatic N) is 4. The molecule has 4 atom stereocenters. The number of benzene rings is 2.